The van der Waals surface area contributed by atoms with Crippen LogP contribution in [0.1, 0.15) is 5.69 Å². The van der Waals surface area contributed by atoms with Crippen LogP contribution in [-0.2, 0) is 0 Å². The second-order valence-corrected chi connectivity index (χ2v) is 3.09. The Hall–Kier alpha value is -2.04. The number of nitrogens with zero attached hydrogens (tertiary/aromatic N) is 3. The van der Waals surface area contributed by atoms with Crippen LogP contribution in [0.3, 0.4) is 0 Å². The molecule has 2 rings (SSSR count). The predicted molar refractivity (Wildman–Crippen MR) is 54.3 cm³/mol. The molecule has 2 aromatic heterocycles. The zero-order valence-corrected chi connectivity index (χ0v) is 8.51. The van der Waals surface area contributed by atoms with Crippen molar-refractivity contribution in [3.8, 4) is 17.6 Å². The van der Waals surface area contributed by atoms with Gasteiger partial charge in [0.15, 0.2) is 5.82 Å². The summed E-state index contributed by atoms with van der Waals surface area (Å²) in [4.78, 5) is 4.15. The van der Waals surface area contributed by atoms with Gasteiger partial charge in [-0.3, -0.25) is 0 Å². The van der Waals surface area contributed by atoms with Gasteiger partial charge in [0.25, 0.3) is 0 Å². The molecule has 2 aromatic rings. The van der Waals surface area contributed by atoms with Gasteiger partial charge in [-0.15, -0.1) is 0 Å². The normalized spacial score (nSPS) is 10.3. The molecule has 0 unspecified atom stereocenters. The molecule has 0 saturated heterocycles. The Morgan fingerprint density at radius 3 is 2.80 bits per heavy atom. The van der Waals surface area contributed by atoms with Crippen LogP contribution in [-0.4, -0.2) is 27.0 Å². The summed E-state index contributed by atoms with van der Waals surface area (Å²) in [5.41, 5.74) is 0.733. The molecule has 0 amide bonds. The summed E-state index contributed by atoms with van der Waals surface area (Å²) in [6.07, 6.45) is 0. The Morgan fingerprint density at radius 2 is 2.20 bits per heavy atom. The Kier molecular flexibility index (Phi) is 2.29. The van der Waals surface area contributed by atoms with Gasteiger partial charge in [-0.05, 0) is 13.0 Å². The molecule has 0 spiro atoms. The first kappa shape index (κ1) is 9.51. The highest BCUT2D eigenvalue weighted by Crippen LogP contribution is 2.17. The second-order valence-electron chi connectivity index (χ2n) is 3.09. The van der Waals surface area contributed by atoms with Gasteiger partial charge in [0.2, 0.25) is 11.8 Å². The van der Waals surface area contributed by atoms with E-state index in [4.69, 9.17) is 4.74 Å². The molecule has 0 aliphatic heterocycles. The van der Waals surface area contributed by atoms with E-state index >= 15 is 0 Å². The summed E-state index contributed by atoms with van der Waals surface area (Å²) in [6.45, 7) is 1.80. The summed E-state index contributed by atoms with van der Waals surface area (Å²) in [5, 5.41) is 13.7. The van der Waals surface area contributed by atoms with Gasteiger partial charge in [0, 0.05) is 12.1 Å². The topological polar surface area (TPSA) is 60.2 Å². The van der Waals surface area contributed by atoms with Crippen molar-refractivity contribution in [1.29, 1.82) is 0 Å². The van der Waals surface area contributed by atoms with Crippen LogP contribution in [0.15, 0.2) is 24.3 Å². The lowest BCUT2D eigenvalue weighted by Gasteiger charge is -2.03. The first-order chi connectivity index (χ1) is 7.20. The number of aromatic nitrogens is 3. The molecule has 5 heteroatoms. The van der Waals surface area contributed by atoms with Gasteiger partial charge in [0.05, 0.1) is 12.8 Å². The van der Waals surface area contributed by atoms with Crippen molar-refractivity contribution in [1.82, 2.24) is 14.8 Å². The van der Waals surface area contributed by atoms with Gasteiger partial charge in [-0.25, -0.2) is 0 Å². The highest BCUT2D eigenvalue weighted by molar-refractivity contribution is 5.31. The van der Waals surface area contributed by atoms with Crippen molar-refractivity contribution in [2.75, 3.05) is 7.11 Å². The van der Waals surface area contributed by atoms with Crippen molar-refractivity contribution >= 4 is 0 Å². The summed E-state index contributed by atoms with van der Waals surface area (Å²) in [7, 11) is 1.54. The van der Waals surface area contributed by atoms with E-state index in [1.54, 1.807) is 38.3 Å². The Bertz CT molecular complexity index is 479. The molecule has 0 bridgehead atoms. The maximum Gasteiger partial charge on any atom is 0.215 e. The van der Waals surface area contributed by atoms with E-state index in [2.05, 4.69) is 10.1 Å². The number of aromatic hydroxyl groups is 1. The van der Waals surface area contributed by atoms with Crippen LogP contribution < -0.4 is 4.74 Å². The second kappa shape index (κ2) is 3.61. The fourth-order valence-electron chi connectivity index (χ4n) is 1.29. The number of ether oxygens (including phenoxy) is 1. The SMILES string of the molecule is COc1cccc(-n2nc(C)cc2O)n1. The van der Waals surface area contributed by atoms with Crippen molar-refractivity contribution in [3.05, 3.63) is 30.0 Å². The number of pyridine rings is 1. The quantitative estimate of drug-likeness (QED) is 0.802. The maximum atomic E-state index is 9.57. The highest BCUT2D eigenvalue weighted by atomic mass is 16.5. The zero-order valence-electron chi connectivity index (χ0n) is 8.51. The molecule has 0 atom stereocenters. The van der Waals surface area contributed by atoms with Crippen LogP contribution in [0, 0.1) is 6.92 Å². The number of methoxy groups -OCH3 is 1. The minimum absolute atomic E-state index is 0.0632. The van der Waals surface area contributed by atoms with Crippen LogP contribution >= 0.6 is 0 Å². The summed E-state index contributed by atoms with van der Waals surface area (Å²) < 4.78 is 6.35. The molecule has 1 N–H and O–H groups in total. The largest absolute Gasteiger partial charge is 0.493 e. The van der Waals surface area contributed by atoms with E-state index in [1.807, 2.05) is 0 Å². The predicted octanol–water partition coefficient (Wildman–Crippen LogP) is 1.29. The highest BCUT2D eigenvalue weighted by Gasteiger charge is 2.07. The summed E-state index contributed by atoms with van der Waals surface area (Å²) >= 11 is 0. The molecular formula is C10H11N3O2. The van der Waals surface area contributed by atoms with Crippen LogP contribution in [0.4, 0.5) is 0 Å². The van der Waals surface area contributed by atoms with Gasteiger partial charge in [-0.2, -0.15) is 14.8 Å². The fourth-order valence-corrected chi connectivity index (χ4v) is 1.29. The first-order valence-electron chi connectivity index (χ1n) is 4.48. The third-order valence-electron chi connectivity index (χ3n) is 1.95. The molecule has 0 radical (unpaired) electrons. The maximum absolute atomic E-state index is 9.57. The Morgan fingerprint density at radius 1 is 1.40 bits per heavy atom. The van der Waals surface area contributed by atoms with E-state index in [-0.39, 0.29) is 5.88 Å². The standard InChI is InChI=1S/C10H11N3O2/c1-7-6-10(14)13(12-7)8-4-3-5-9(11-8)15-2/h3-6,14H,1-2H3. The lowest BCUT2D eigenvalue weighted by molar-refractivity contribution is 0.394. The van der Waals surface area contributed by atoms with Crippen LogP contribution in [0.25, 0.3) is 5.82 Å². The average Bonchev–Trinajstić information content (AvgIpc) is 2.58. The van der Waals surface area contributed by atoms with E-state index in [0.717, 1.165) is 5.69 Å². The molecule has 0 aliphatic carbocycles. The lowest BCUT2D eigenvalue weighted by Crippen LogP contribution is -2.00. The molecule has 15 heavy (non-hydrogen) atoms. The third-order valence-corrected chi connectivity index (χ3v) is 1.95. The van der Waals surface area contributed by atoms with Crippen LogP contribution in [0.5, 0.6) is 11.8 Å². The van der Waals surface area contributed by atoms with E-state index in [9.17, 15) is 5.11 Å². The molecule has 2 heterocycles. The molecule has 0 saturated carbocycles. The molecule has 78 valence electrons. The van der Waals surface area contributed by atoms with Crippen molar-refractivity contribution in [2.24, 2.45) is 0 Å². The number of rotatable bonds is 2. The number of hydrogen-bond acceptors (Lipinski definition) is 4. The minimum Gasteiger partial charge on any atom is -0.493 e. The van der Waals surface area contributed by atoms with Gasteiger partial charge in [-0.1, -0.05) is 6.07 Å². The zero-order chi connectivity index (χ0) is 10.8. The average molecular weight is 205 g/mol. The van der Waals surface area contributed by atoms with E-state index in [1.165, 1.54) is 4.68 Å². The summed E-state index contributed by atoms with van der Waals surface area (Å²) in [6, 6.07) is 6.84. The Labute approximate surface area is 87.0 Å². The minimum atomic E-state index is 0.0632. The van der Waals surface area contributed by atoms with Crippen molar-refractivity contribution < 1.29 is 9.84 Å². The summed E-state index contributed by atoms with van der Waals surface area (Å²) in [5.74, 6) is 1.08. The van der Waals surface area contributed by atoms with Gasteiger partial charge >= 0.3 is 0 Å². The van der Waals surface area contributed by atoms with Crippen molar-refractivity contribution in [2.45, 2.75) is 6.92 Å². The molecule has 0 aromatic carbocycles. The van der Waals surface area contributed by atoms with E-state index in [0.29, 0.717) is 11.7 Å². The Balaban J connectivity index is 2.49. The lowest BCUT2D eigenvalue weighted by atomic mass is 10.4. The van der Waals surface area contributed by atoms with Crippen LogP contribution in [0.2, 0.25) is 0 Å². The monoisotopic (exact) mass is 205 g/mol. The van der Waals surface area contributed by atoms with E-state index < -0.39 is 0 Å². The molecule has 0 aliphatic rings. The molecule has 0 fully saturated rings. The van der Waals surface area contributed by atoms with Gasteiger partial charge < -0.3 is 9.84 Å². The van der Waals surface area contributed by atoms with Gasteiger partial charge in [0.1, 0.15) is 0 Å². The smallest absolute Gasteiger partial charge is 0.215 e. The number of aryl methyl sites for hydroxylation is 1. The number of hydrogen-bond donors (Lipinski definition) is 1. The third kappa shape index (κ3) is 1.76. The molecular weight excluding hydrogens is 194 g/mol. The first-order valence-corrected chi connectivity index (χ1v) is 4.48. The van der Waals surface area contributed by atoms with Crippen molar-refractivity contribution in [3.63, 3.8) is 0 Å². The fraction of sp³-hybridized carbons (Fsp3) is 0.200. The molecule has 5 nitrogen and oxygen atoms in total.